The number of nitrogens with one attached hydrogen (secondary N) is 1. The number of nitro groups is 1. The van der Waals surface area contributed by atoms with Gasteiger partial charge in [-0.2, -0.15) is 4.39 Å². The average molecular weight is 332 g/mol. The van der Waals surface area contributed by atoms with Crippen LogP contribution in [0.25, 0.3) is 0 Å². The van der Waals surface area contributed by atoms with Crippen LogP contribution in [0.1, 0.15) is 0 Å². The van der Waals surface area contributed by atoms with E-state index in [1.54, 1.807) is 0 Å². The SMILES string of the molecule is O=[N+]([O-])c1ccc(S(=O)(=O)Nc2ncccc2Cl)cc1F. The third-order valence-corrected chi connectivity index (χ3v) is 4.06. The van der Waals surface area contributed by atoms with E-state index in [0.29, 0.717) is 6.07 Å². The molecule has 1 heterocycles. The van der Waals surface area contributed by atoms with E-state index in [-0.39, 0.29) is 10.8 Å². The standard InChI is InChI=1S/C11H7ClFN3O4S/c12-8-2-1-5-14-11(8)15-21(19,20)7-3-4-10(16(17)18)9(13)6-7/h1-6H,(H,14,15). The predicted octanol–water partition coefficient (Wildman–Crippen LogP) is 2.58. The number of sulfonamides is 1. The van der Waals surface area contributed by atoms with E-state index in [2.05, 4.69) is 9.71 Å². The van der Waals surface area contributed by atoms with Gasteiger partial charge in [0.2, 0.25) is 5.82 Å². The van der Waals surface area contributed by atoms with Crippen molar-refractivity contribution < 1.29 is 17.7 Å². The summed E-state index contributed by atoms with van der Waals surface area (Å²) in [4.78, 5) is 12.8. The lowest BCUT2D eigenvalue weighted by atomic mass is 10.3. The van der Waals surface area contributed by atoms with Crippen LogP contribution < -0.4 is 4.72 Å². The largest absolute Gasteiger partial charge is 0.304 e. The molecule has 1 N–H and O–H groups in total. The molecule has 2 rings (SSSR count). The first-order valence-corrected chi connectivity index (χ1v) is 7.24. The third-order valence-electron chi connectivity index (χ3n) is 2.42. The zero-order valence-corrected chi connectivity index (χ0v) is 11.7. The second kappa shape index (κ2) is 5.62. The predicted molar refractivity (Wildman–Crippen MR) is 73.1 cm³/mol. The summed E-state index contributed by atoms with van der Waals surface area (Å²) in [6, 6.07) is 5.16. The van der Waals surface area contributed by atoms with Crippen LogP contribution in [0.15, 0.2) is 41.4 Å². The quantitative estimate of drug-likeness (QED) is 0.685. The zero-order chi connectivity index (χ0) is 15.6. The van der Waals surface area contributed by atoms with E-state index >= 15 is 0 Å². The maximum absolute atomic E-state index is 13.5. The van der Waals surface area contributed by atoms with Gasteiger partial charge < -0.3 is 0 Å². The molecule has 21 heavy (non-hydrogen) atoms. The topological polar surface area (TPSA) is 102 Å². The Bertz CT molecular complexity index is 813. The molecular weight excluding hydrogens is 325 g/mol. The Morgan fingerprint density at radius 1 is 1.33 bits per heavy atom. The van der Waals surface area contributed by atoms with E-state index < -0.39 is 31.3 Å². The molecule has 10 heteroatoms. The van der Waals surface area contributed by atoms with Crippen LogP contribution in [0.5, 0.6) is 0 Å². The summed E-state index contributed by atoms with van der Waals surface area (Å²) in [6.45, 7) is 0. The molecule has 0 bridgehead atoms. The van der Waals surface area contributed by atoms with Gasteiger partial charge >= 0.3 is 5.69 Å². The summed E-state index contributed by atoms with van der Waals surface area (Å²) in [7, 11) is -4.16. The number of pyridine rings is 1. The van der Waals surface area contributed by atoms with Gasteiger partial charge in [-0.05, 0) is 18.2 Å². The second-order valence-corrected chi connectivity index (χ2v) is 5.90. The van der Waals surface area contributed by atoms with E-state index in [1.165, 1.54) is 18.3 Å². The number of rotatable bonds is 4. The first-order chi connectivity index (χ1) is 9.81. The van der Waals surface area contributed by atoms with Gasteiger partial charge in [-0.25, -0.2) is 13.4 Å². The lowest BCUT2D eigenvalue weighted by molar-refractivity contribution is -0.387. The summed E-state index contributed by atoms with van der Waals surface area (Å²) in [5.41, 5.74) is -0.815. The molecule has 1 aromatic heterocycles. The maximum atomic E-state index is 13.5. The summed E-state index contributed by atoms with van der Waals surface area (Å²) in [5.74, 6) is -1.38. The number of hydrogen-bond acceptors (Lipinski definition) is 5. The molecule has 110 valence electrons. The molecule has 0 aliphatic heterocycles. The van der Waals surface area contributed by atoms with E-state index in [1.807, 2.05) is 0 Å². The van der Waals surface area contributed by atoms with E-state index in [0.717, 1.165) is 12.1 Å². The lowest BCUT2D eigenvalue weighted by Gasteiger charge is -2.08. The second-order valence-electron chi connectivity index (χ2n) is 3.81. The molecule has 2 aromatic rings. The molecule has 0 spiro atoms. The molecule has 0 aliphatic carbocycles. The van der Waals surface area contributed by atoms with Crippen LogP contribution in [0, 0.1) is 15.9 Å². The summed E-state index contributed by atoms with van der Waals surface area (Å²) in [6.07, 6.45) is 1.32. The Morgan fingerprint density at radius 3 is 2.62 bits per heavy atom. The molecule has 0 saturated heterocycles. The highest BCUT2D eigenvalue weighted by Gasteiger charge is 2.21. The minimum atomic E-state index is -4.16. The zero-order valence-electron chi connectivity index (χ0n) is 10.2. The molecule has 0 aliphatic rings. The number of nitro benzene ring substituents is 1. The van der Waals surface area contributed by atoms with Gasteiger partial charge in [0.15, 0.2) is 5.82 Å². The van der Waals surface area contributed by atoms with Crippen molar-refractivity contribution in [2.24, 2.45) is 0 Å². The van der Waals surface area contributed by atoms with Crippen molar-refractivity contribution in [2.75, 3.05) is 4.72 Å². The summed E-state index contributed by atoms with van der Waals surface area (Å²) in [5, 5.41) is 10.6. The van der Waals surface area contributed by atoms with Crippen molar-refractivity contribution in [2.45, 2.75) is 4.90 Å². The molecule has 7 nitrogen and oxygen atoms in total. The Hall–Kier alpha value is -2.26. The van der Waals surface area contributed by atoms with Crippen molar-refractivity contribution in [3.63, 3.8) is 0 Å². The van der Waals surface area contributed by atoms with Gasteiger partial charge in [0.1, 0.15) is 0 Å². The molecule has 0 amide bonds. The van der Waals surface area contributed by atoms with Gasteiger partial charge in [-0.1, -0.05) is 11.6 Å². The highest BCUT2D eigenvalue weighted by atomic mass is 35.5. The molecule has 0 unspecified atom stereocenters. The van der Waals surface area contributed by atoms with E-state index in [9.17, 15) is 22.9 Å². The Labute approximate surface area is 123 Å². The average Bonchev–Trinajstić information content (AvgIpc) is 2.40. The minimum Gasteiger partial charge on any atom is -0.262 e. The molecule has 0 fully saturated rings. The molecule has 0 radical (unpaired) electrons. The van der Waals surface area contributed by atoms with Crippen molar-refractivity contribution in [1.82, 2.24) is 4.98 Å². The number of benzene rings is 1. The van der Waals surface area contributed by atoms with E-state index in [4.69, 9.17) is 11.6 Å². The first kappa shape index (κ1) is 15.1. The third kappa shape index (κ3) is 3.26. The molecule has 0 atom stereocenters. The Morgan fingerprint density at radius 2 is 2.05 bits per heavy atom. The van der Waals surface area contributed by atoms with Crippen molar-refractivity contribution in [3.8, 4) is 0 Å². The number of nitrogens with zero attached hydrogens (tertiary/aromatic N) is 2. The maximum Gasteiger partial charge on any atom is 0.304 e. The molecule has 0 saturated carbocycles. The van der Waals surface area contributed by atoms with Crippen LogP contribution >= 0.6 is 11.6 Å². The minimum absolute atomic E-state index is 0.0588. The van der Waals surface area contributed by atoms with Gasteiger partial charge in [-0.3, -0.25) is 14.8 Å². The Kier molecular flexibility index (Phi) is 4.05. The molecule has 1 aromatic carbocycles. The van der Waals surface area contributed by atoms with Crippen molar-refractivity contribution in [3.05, 3.63) is 57.5 Å². The van der Waals surface area contributed by atoms with Gasteiger partial charge in [0.25, 0.3) is 10.0 Å². The number of halogens is 2. The van der Waals surface area contributed by atoms with Crippen molar-refractivity contribution >= 4 is 33.1 Å². The van der Waals surface area contributed by atoms with Crippen LogP contribution in [0.3, 0.4) is 0 Å². The van der Waals surface area contributed by atoms with Crippen LogP contribution in [-0.4, -0.2) is 18.3 Å². The normalized spacial score (nSPS) is 11.1. The monoisotopic (exact) mass is 331 g/mol. The van der Waals surface area contributed by atoms with Gasteiger partial charge in [0.05, 0.1) is 14.8 Å². The smallest absolute Gasteiger partial charge is 0.262 e. The number of hydrogen-bond donors (Lipinski definition) is 1. The lowest BCUT2D eigenvalue weighted by Crippen LogP contribution is -2.14. The van der Waals surface area contributed by atoms with Crippen molar-refractivity contribution in [1.29, 1.82) is 0 Å². The number of aromatic nitrogens is 1. The fraction of sp³-hybridized carbons (Fsp3) is 0. The Balaban J connectivity index is 2.39. The van der Waals surface area contributed by atoms with Gasteiger partial charge in [-0.15, -0.1) is 0 Å². The summed E-state index contributed by atoms with van der Waals surface area (Å²) < 4.78 is 39.6. The highest BCUT2D eigenvalue weighted by Crippen LogP contribution is 2.24. The van der Waals surface area contributed by atoms with Crippen LogP contribution in [0.2, 0.25) is 5.02 Å². The fourth-order valence-corrected chi connectivity index (χ4v) is 2.72. The fourth-order valence-electron chi connectivity index (χ4n) is 1.45. The highest BCUT2D eigenvalue weighted by molar-refractivity contribution is 7.92. The summed E-state index contributed by atoms with van der Waals surface area (Å²) >= 11 is 5.76. The van der Waals surface area contributed by atoms with Gasteiger partial charge in [0, 0.05) is 18.3 Å². The first-order valence-electron chi connectivity index (χ1n) is 5.38. The van der Waals surface area contributed by atoms with Crippen LogP contribution in [0.4, 0.5) is 15.9 Å². The van der Waals surface area contributed by atoms with Crippen LogP contribution in [-0.2, 0) is 10.0 Å². The molecular formula is C11H7ClFN3O4S. The number of anilines is 1.